The van der Waals surface area contributed by atoms with Crippen LogP contribution >= 0.6 is 0 Å². The van der Waals surface area contributed by atoms with E-state index >= 15 is 0 Å². The molecule has 3 N–H and O–H groups in total. The van der Waals surface area contributed by atoms with Gasteiger partial charge in [0, 0.05) is 30.2 Å². The fraction of sp³-hybridized carbons (Fsp3) is 0.370. The zero-order valence-corrected chi connectivity index (χ0v) is 20.1. The Balaban J connectivity index is 1.51. The van der Waals surface area contributed by atoms with Gasteiger partial charge in [-0.3, -0.25) is 9.48 Å². The number of nitrogens with one attached hydrogen (secondary N) is 3. The molecule has 7 nitrogen and oxygen atoms in total. The molecule has 7 heteroatoms. The van der Waals surface area contributed by atoms with Gasteiger partial charge in [-0.1, -0.05) is 19.9 Å². The summed E-state index contributed by atoms with van der Waals surface area (Å²) in [5, 5.41) is 12.8. The Hall–Kier alpha value is -3.45. The molecule has 1 fully saturated rings. The summed E-state index contributed by atoms with van der Waals surface area (Å²) in [6, 6.07) is 10.4. The molecule has 0 atom stereocenters. The van der Waals surface area contributed by atoms with Crippen molar-refractivity contribution < 1.29 is 0 Å². The van der Waals surface area contributed by atoms with Gasteiger partial charge in [-0.05, 0) is 85.5 Å². The molecule has 0 bridgehead atoms. The van der Waals surface area contributed by atoms with E-state index in [4.69, 9.17) is 4.98 Å². The number of piperidine rings is 1. The van der Waals surface area contributed by atoms with Crippen LogP contribution in [0.15, 0.2) is 53.7 Å². The zero-order valence-electron chi connectivity index (χ0n) is 20.1. The maximum atomic E-state index is 12.7. The Labute approximate surface area is 199 Å². The number of aromatic amines is 1. The summed E-state index contributed by atoms with van der Waals surface area (Å²) in [5.74, 6) is 1.66. The van der Waals surface area contributed by atoms with Gasteiger partial charge in [-0.25, -0.2) is 4.98 Å². The van der Waals surface area contributed by atoms with Crippen molar-refractivity contribution in [2.45, 2.75) is 46.1 Å². The number of pyridine rings is 2. The number of anilines is 2. The molecule has 34 heavy (non-hydrogen) atoms. The maximum absolute atomic E-state index is 12.7. The Bertz CT molecular complexity index is 1360. The molecule has 1 aliphatic rings. The van der Waals surface area contributed by atoms with Crippen molar-refractivity contribution in [2.75, 3.05) is 18.4 Å². The van der Waals surface area contributed by atoms with E-state index in [9.17, 15) is 4.79 Å². The molecular formula is C27H32N6O. The highest BCUT2D eigenvalue weighted by Crippen LogP contribution is 2.32. The summed E-state index contributed by atoms with van der Waals surface area (Å²) in [6.07, 6.45) is 7.87. The average Bonchev–Trinajstić information content (AvgIpc) is 3.27. The van der Waals surface area contributed by atoms with Crippen LogP contribution in [0.25, 0.3) is 22.0 Å². The van der Waals surface area contributed by atoms with Crippen molar-refractivity contribution in [1.29, 1.82) is 0 Å². The van der Waals surface area contributed by atoms with Gasteiger partial charge >= 0.3 is 0 Å². The van der Waals surface area contributed by atoms with Crippen molar-refractivity contribution in [1.82, 2.24) is 25.1 Å². The van der Waals surface area contributed by atoms with E-state index in [1.165, 1.54) is 24.0 Å². The molecule has 0 amide bonds. The maximum Gasteiger partial charge on any atom is 0.259 e. The predicted octanol–water partition coefficient (Wildman–Crippen LogP) is 4.96. The minimum Gasteiger partial charge on any atom is -0.340 e. The highest BCUT2D eigenvalue weighted by atomic mass is 16.1. The van der Waals surface area contributed by atoms with Crippen LogP contribution in [0, 0.1) is 12.8 Å². The van der Waals surface area contributed by atoms with Crippen molar-refractivity contribution >= 4 is 22.3 Å². The molecule has 5 rings (SSSR count). The van der Waals surface area contributed by atoms with Crippen LogP contribution in [0.4, 0.5) is 11.5 Å². The lowest BCUT2D eigenvalue weighted by atomic mass is 9.87. The number of H-pyrrole nitrogens is 1. The van der Waals surface area contributed by atoms with Gasteiger partial charge in [0.05, 0.1) is 17.3 Å². The third kappa shape index (κ3) is 4.61. The molecule has 3 aromatic heterocycles. The molecule has 0 radical (unpaired) electrons. The third-order valence-corrected chi connectivity index (χ3v) is 6.55. The zero-order chi connectivity index (χ0) is 23.7. The fourth-order valence-corrected chi connectivity index (χ4v) is 4.90. The SMILES string of the molecule is Cc1cc(Nc2nc(-c3cnn(CC(C)C)c3)cc3cc[nH]c(=O)c23)ccc1C1CCNCC1. The molecule has 4 aromatic rings. The first kappa shape index (κ1) is 22.3. The lowest BCUT2D eigenvalue weighted by molar-refractivity contribution is 0.459. The highest BCUT2D eigenvalue weighted by Gasteiger charge is 2.18. The quantitative estimate of drug-likeness (QED) is 0.382. The van der Waals surface area contributed by atoms with E-state index in [0.29, 0.717) is 23.0 Å². The molecule has 1 saturated heterocycles. The van der Waals surface area contributed by atoms with Crippen LogP contribution in [0.5, 0.6) is 0 Å². The molecule has 1 aliphatic heterocycles. The molecule has 0 saturated carbocycles. The number of aryl methyl sites for hydroxylation is 1. The highest BCUT2D eigenvalue weighted by molar-refractivity contribution is 5.95. The fourth-order valence-electron chi connectivity index (χ4n) is 4.90. The minimum absolute atomic E-state index is 0.155. The minimum atomic E-state index is -0.155. The smallest absolute Gasteiger partial charge is 0.259 e. The lowest BCUT2D eigenvalue weighted by Gasteiger charge is -2.25. The van der Waals surface area contributed by atoms with Crippen molar-refractivity contribution in [3.05, 3.63) is 70.4 Å². The van der Waals surface area contributed by atoms with Crippen molar-refractivity contribution in [2.24, 2.45) is 5.92 Å². The molecule has 0 spiro atoms. The van der Waals surface area contributed by atoms with Gasteiger partial charge in [-0.15, -0.1) is 0 Å². The van der Waals surface area contributed by atoms with Crippen LogP contribution in [-0.4, -0.2) is 32.8 Å². The Morgan fingerprint density at radius 3 is 2.76 bits per heavy atom. The Morgan fingerprint density at radius 2 is 2.00 bits per heavy atom. The Morgan fingerprint density at radius 1 is 1.18 bits per heavy atom. The van der Waals surface area contributed by atoms with Gasteiger partial charge in [0.1, 0.15) is 5.82 Å². The molecule has 176 valence electrons. The summed E-state index contributed by atoms with van der Waals surface area (Å²) in [4.78, 5) is 20.4. The van der Waals surface area contributed by atoms with E-state index in [-0.39, 0.29) is 5.56 Å². The van der Waals surface area contributed by atoms with Crippen molar-refractivity contribution in [3.63, 3.8) is 0 Å². The number of benzene rings is 1. The summed E-state index contributed by atoms with van der Waals surface area (Å²) in [6.45, 7) is 9.50. The standard InChI is InChI=1S/C27H32N6O/c1-17(2)15-33-16-21(14-30-33)24-13-20-8-11-29-27(34)25(20)26(32-24)31-22-4-5-23(18(3)12-22)19-6-9-28-10-7-19/h4-5,8,11-14,16-17,19,28H,6-7,9-10,15H2,1-3H3,(H,29,34)(H,31,32). The average molecular weight is 457 g/mol. The second kappa shape index (κ2) is 9.43. The van der Waals surface area contributed by atoms with Gasteiger partial charge in [-0.2, -0.15) is 5.10 Å². The van der Waals surface area contributed by atoms with Gasteiger partial charge in [0.15, 0.2) is 0 Å². The first-order chi connectivity index (χ1) is 16.5. The summed E-state index contributed by atoms with van der Waals surface area (Å²) >= 11 is 0. The third-order valence-electron chi connectivity index (χ3n) is 6.55. The summed E-state index contributed by atoms with van der Waals surface area (Å²) in [7, 11) is 0. The van der Waals surface area contributed by atoms with Gasteiger partial charge < -0.3 is 15.6 Å². The van der Waals surface area contributed by atoms with Crippen LogP contribution < -0.4 is 16.2 Å². The number of hydrogen-bond acceptors (Lipinski definition) is 5. The number of aromatic nitrogens is 4. The molecule has 1 aromatic carbocycles. The predicted molar refractivity (Wildman–Crippen MR) is 138 cm³/mol. The topological polar surface area (TPSA) is 87.6 Å². The van der Waals surface area contributed by atoms with E-state index in [1.807, 2.05) is 29.2 Å². The molecule has 4 heterocycles. The molecule has 0 unspecified atom stereocenters. The lowest BCUT2D eigenvalue weighted by Crippen LogP contribution is -2.26. The second-order valence-corrected chi connectivity index (χ2v) is 9.69. The number of rotatable bonds is 6. The first-order valence-electron chi connectivity index (χ1n) is 12.1. The molecule has 0 aliphatic carbocycles. The van der Waals surface area contributed by atoms with Crippen LogP contribution in [0.2, 0.25) is 0 Å². The molecular weight excluding hydrogens is 424 g/mol. The van der Waals surface area contributed by atoms with E-state index < -0.39 is 0 Å². The van der Waals surface area contributed by atoms with E-state index in [1.54, 1.807) is 6.20 Å². The number of fused-ring (bicyclic) bond motifs is 1. The number of nitrogens with zero attached hydrogens (tertiary/aromatic N) is 3. The van der Waals surface area contributed by atoms with Gasteiger partial charge in [0.25, 0.3) is 5.56 Å². The first-order valence-corrected chi connectivity index (χ1v) is 12.1. The second-order valence-electron chi connectivity index (χ2n) is 9.69. The Kier molecular flexibility index (Phi) is 6.20. The normalized spacial score (nSPS) is 14.7. The monoisotopic (exact) mass is 456 g/mol. The van der Waals surface area contributed by atoms with Crippen LogP contribution in [-0.2, 0) is 6.54 Å². The van der Waals surface area contributed by atoms with E-state index in [0.717, 1.165) is 42.0 Å². The van der Waals surface area contributed by atoms with E-state index in [2.05, 4.69) is 59.7 Å². The summed E-state index contributed by atoms with van der Waals surface area (Å²) in [5.41, 5.74) is 5.18. The van der Waals surface area contributed by atoms with Crippen LogP contribution in [0.3, 0.4) is 0 Å². The van der Waals surface area contributed by atoms with Crippen molar-refractivity contribution in [3.8, 4) is 11.3 Å². The largest absolute Gasteiger partial charge is 0.340 e. The number of hydrogen-bond donors (Lipinski definition) is 3. The van der Waals surface area contributed by atoms with Crippen LogP contribution in [0.1, 0.15) is 43.7 Å². The van der Waals surface area contributed by atoms with Gasteiger partial charge in [0.2, 0.25) is 0 Å². The summed E-state index contributed by atoms with van der Waals surface area (Å²) < 4.78 is 1.94.